The van der Waals surface area contributed by atoms with Gasteiger partial charge < -0.3 is 5.11 Å². The Morgan fingerprint density at radius 2 is 1.75 bits per heavy atom. The average Bonchev–Trinajstić information content (AvgIpc) is 1.87. The zero-order valence-corrected chi connectivity index (χ0v) is 8.00. The fraction of sp³-hybridized carbons (Fsp3) is 1.00. The molecule has 0 aromatic heterocycles. The van der Waals surface area contributed by atoms with E-state index in [1.165, 1.54) is 0 Å². The van der Waals surface area contributed by atoms with Crippen LogP contribution < -0.4 is 0 Å². The van der Waals surface area contributed by atoms with Gasteiger partial charge in [0.1, 0.15) is 0 Å². The first-order valence-electron chi connectivity index (χ1n) is 2.41. The predicted octanol–water partition coefficient (Wildman–Crippen LogP) is 1.77. The van der Waals surface area contributed by atoms with Gasteiger partial charge in [-0.15, -0.1) is 0 Å². The minimum Gasteiger partial charge on any atom is -0.396 e. The Kier molecular flexibility index (Phi) is 4.30. The van der Waals surface area contributed by atoms with Gasteiger partial charge in [0.05, 0.1) is 6.61 Å². The number of hydrogen-bond donors (Lipinski definition) is 1. The van der Waals surface area contributed by atoms with E-state index in [0.29, 0.717) is 0 Å². The summed E-state index contributed by atoms with van der Waals surface area (Å²) >= 11 is 6.60. The van der Waals surface area contributed by atoms with E-state index < -0.39 is 0 Å². The molecule has 0 aromatic carbocycles. The van der Waals surface area contributed by atoms with Crippen LogP contribution in [0, 0.1) is 5.41 Å². The normalized spacial score (nSPS) is 12.0. The van der Waals surface area contributed by atoms with E-state index in [0.717, 1.165) is 10.7 Å². The van der Waals surface area contributed by atoms with Crippen molar-refractivity contribution in [2.45, 2.75) is 6.92 Å². The molecule has 1 nitrogen and oxygen atoms in total. The zero-order valence-electron chi connectivity index (χ0n) is 4.82. The monoisotopic (exact) mass is 244 g/mol. The van der Waals surface area contributed by atoms with Crippen molar-refractivity contribution in [1.29, 1.82) is 0 Å². The zero-order chi connectivity index (χ0) is 6.62. The quantitative estimate of drug-likeness (QED) is 0.752. The summed E-state index contributed by atoms with van der Waals surface area (Å²) in [5.74, 6) is 0. The van der Waals surface area contributed by atoms with E-state index in [-0.39, 0.29) is 12.0 Å². The molecule has 0 fully saturated rings. The van der Waals surface area contributed by atoms with Gasteiger partial charge in [0.2, 0.25) is 0 Å². The predicted molar refractivity (Wildman–Crippen MR) is 42.8 cm³/mol. The molecular weight excluding hydrogens is 236 g/mol. The molecule has 0 aromatic rings. The number of rotatable bonds is 3. The van der Waals surface area contributed by atoms with Gasteiger partial charge in [-0.3, -0.25) is 0 Å². The lowest BCUT2D eigenvalue weighted by molar-refractivity contribution is 0.186. The molecule has 3 heteroatoms. The van der Waals surface area contributed by atoms with Crippen molar-refractivity contribution < 1.29 is 5.11 Å². The Labute approximate surface area is 66.7 Å². The molecule has 0 radical (unpaired) electrons. The van der Waals surface area contributed by atoms with Crippen LogP contribution in [0.4, 0.5) is 0 Å². The van der Waals surface area contributed by atoms with Crippen molar-refractivity contribution in [2.75, 3.05) is 17.3 Å². The first-order chi connectivity index (χ1) is 3.68. The first-order valence-corrected chi connectivity index (χ1v) is 4.65. The summed E-state index contributed by atoms with van der Waals surface area (Å²) in [4.78, 5) is 0. The van der Waals surface area contributed by atoms with Crippen LogP contribution >= 0.6 is 31.9 Å². The van der Waals surface area contributed by atoms with Crippen LogP contribution in [0.3, 0.4) is 0 Å². The lowest BCUT2D eigenvalue weighted by Crippen LogP contribution is -2.24. The number of alkyl halides is 2. The van der Waals surface area contributed by atoms with Crippen LogP contribution in [-0.4, -0.2) is 22.4 Å². The highest BCUT2D eigenvalue weighted by Gasteiger charge is 2.19. The SMILES string of the molecule is CC(CO)(CBr)CBr. The Morgan fingerprint density at radius 1 is 1.38 bits per heavy atom. The summed E-state index contributed by atoms with van der Waals surface area (Å²) < 4.78 is 0. The molecule has 0 rings (SSSR count). The van der Waals surface area contributed by atoms with E-state index in [4.69, 9.17) is 5.11 Å². The lowest BCUT2D eigenvalue weighted by atomic mass is 9.99. The molecule has 0 aliphatic rings. The molecular formula is C5H10Br2O. The largest absolute Gasteiger partial charge is 0.396 e. The minimum absolute atomic E-state index is 0.0139. The van der Waals surface area contributed by atoms with Crippen LogP contribution in [0.2, 0.25) is 0 Å². The number of halogens is 2. The third kappa shape index (κ3) is 2.46. The molecule has 0 unspecified atom stereocenters. The van der Waals surface area contributed by atoms with E-state index in [1.54, 1.807) is 0 Å². The maximum atomic E-state index is 8.73. The van der Waals surface area contributed by atoms with E-state index in [9.17, 15) is 0 Å². The van der Waals surface area contributed by atoms with Crippen LogP contribution in [0.1, 0.15) is 6.92 Å². The average molecular weight is 246 g/mol. The molecule has 0 aliphatic carbocycles. The summed E-state index contributed by atoms with van der Waals surface area (Å²) in [5.41, 5.74) is 0.0139. The Bertz CT molecular complexity index is 53.2. The van der Waals surface area contributed by atoms with E-state index in [1.807, 2.05) is 6.92 Å². The topological polar surface area (TPSA) is 20.2 Å². The van der Waals surface area contributed by atoms with Crippen LogP contribution in [-0.2, 0) is 0 Å². The third-order valence-electron chi connectivity index (χ3n) is 1.03. The Hall–Kier alpha value is 0.920. The van der Waals surface area contributed by atoms with Gasteiger partial charge in [-0.25, -0.2) is 0 Å². The molecule has 0 aliphatic heterocycles. The van der Waals surface area contributed by atoms with Gasteiger partial charge in [-0.2, -0.15) is 0 Å². The summed E-state index contributed by atoms with van der Waals surface area (Å²) in [6, 6.07) is 0. The van der Waals surface area contributed by atoms with Gasteiger partial charge in [0, 0.05) is 16.1 Å². The molecule has 0 bridgehead atoms. The summed E-state index contributed by atoms with van der Waals surface area (Å²) in [6.45, 7) is 2.24. The second-order valence-electron chi connectivity index (χ2n) is 2.24. The third-order valence-corrected chi connectivity index (χ3v) is 3.73. The van der Waals surface area contributed by atoms with Crippen molar-refractivity contribution in [3.8, 4) is 0 Å². The van der Waals surface area contributed by atoms with Crippen molar-refractivity contribution in [1.82, 2.24) is 0 Å². The smallest absolute Gasteiger partial charge is 0.0500 e. The summed E-state index contributed by atoms with van der Waals surface area (Å²) in [7, 11) is 0. The van der Waals surface area contributed by atoms with Gasteiger partial charge >= 0.3 is 0 Å². The molecule has 0 saturated heterocycles. The number of aliphatic hydroxyl groups excluding tert-OH is 1. The second kappa shape index (κ2) is 3.85. The maximum Gasteiger partial charge on any atom is 0.0500 e. The van der Waals surface area contributed by atoms with Crippen LogP contribution in [0.25, 0.3) is 0 Å². The van der Waals surface area contributed by atoms with Gasteiger partial charge in [-0.1, -0.05) is 38.8 Å². The minimum atomic E-state index is 0.0139. The standard InChI is InChI=1S/C5H10Br2O/c1-5(2-6,3-7)4-8/h8H,2-4H2,1H3. The maximum absolute atomic E-state index is 8.73. The Morgan fingerprint density at radius 3 is 1.75 bits per heavy atom. The van der Waals surface area contributed by atoms with Gasteiger partial charge in [0.25, 0.3) is 0 Å². The number of hydrogen-bond acceptors (Lipinski definition) is 1. The number of aliphatic hydroxyl groups is 1. The molecule has 0 saturated carbocycles. The second-order valence-corrected chi connectivity index (χ2v) is 3.36. The Balaban J connectivity index is 3.58. The van der Waals surface area contributed by atoms with Crippen molar-refractivity contribution >= 4 is 31.9 Å². The van der Waals surface area contributed by atoms with Crippen molar-refractivity contribution in [3.63, 3.8) is 0 Å². The highest BCUT2D eigenvalue weighted by molar-refractivity contribution is 9.09. The molecule has 0 spiro atoms. The van der Waals surface area contributed by atoms with Gasteiger partial charge in [0.15, 0.2) is 0 Å². The fourth-order valence-electron chi connectivity index (χ4n) is 0.120. The van der Waals surface area contributed by atoms with Gasteiger partial charge in [-0.05, 0) is 0 Å². The van der Waals surface area contributed by atoms with Crippen molar-refractivity contribution in [2.24, 2.45) is 5.41 Å². The first kappa shape index (κ1) is 8.92. The summed E-state index contributed by atoms with van der Waals surface area (Å²) in [5, 5.41) is 10.4. The van der Waals surface area contributed by atoms with E-state index >= 15 is 0 Å². The summed E-state index contributed by atoms with van der Waals surface area (Å²) in [6.07, 6.45) is 0. The molecule has 0 heterocycles. The van der Waals surface area contributed by atoms with Crippen LogP contribution in [0.15, 0.2) is 0 Å². The highest BCUT2D eigenvalue weighted by Crippen LogP contribution is 2.20. The molecule has 50 valence electrons. The molecule has 0 amide bonds. The molecule has 0 atom stereocenters. The van der Waals surface area contributed by atoms with Crippen molar-refractivity contribution in [3.05, 3.63) is 0 Å². The molecule has 8 heavy (non-hydrogen) atoms. The lowest BCUT2D eigenvalue weighted by Gasteiger charge is -2.20. The van der Waals surface area contributed by atoms with Crippen LogP contribution in [0.5, 0.6) is 0 Å². The van der Waals surface area contributed by atoms with E-state index in [2.05, 4.69) is 31.9 Å². The molecule has 1 N–H and O–H groups in total. The fourth-order valence-corrected chi connectivity index (χ4v) is 1.40. The highest BCUT2D eigenvalue weighted by atomic mass is 79.9.